The van der Waals surface area contributed by atoms with Gasteiger partial charge in [0, 0.05) is 18.5 Å². The number of thioether (sulfide) groups is 1. The molecule has 0 bridgehead atoms. The van der Waals surface area contributed by atoms with Crippen molar-refractivity contribution in [3.63, 3.8) is 0 Å². The van der Waals surface area contributed by atoms with Gasteiger partial charge in [-0.1, -0.05) is 49.4 Å². The summed E-state index contributed by atoms with van der Waals surface area (Å²) in [6, 6.07) is 13.6. The lowest BCUT2D eigenvalue weighted by atomic mass is 10.0. The molecule has 0 fully saturated rings. The van der Waals surface area contributed by atoms with Crippen LogP contribution in [0, 0.1) is 0 Å². The molecule has 1 unspecified atom stereocenters. The number of esters is 1. The normalized spacial score (nSPS) is 12.1. The average Bonchev–Trinajstić information content (AvgIpc) is 3.25. The zero-order chi connectivity index (χ0) is 28.6. The second kappa shape index (κ2) is 13.6. The molecule has 2 N–H and O–H groups in total. The predicted octanol–water partition coefficient (Wildman–Crippen LogP) is 4.30. The van der Waals surface area contributed by atoms with Gasteiger partial charge in [0.1, 0.15) is 10.9 Å². The highest BCUT2D eigenvalue weighted by Gasteiger charge is 2.29. The highest BCUT2D eigenvalue weighted by Crippen LogP contribution is 2.31. The van der Waals surface area contributed by atoms with Crippen molar-refractivity contribution in [1.29, 1.82) is 0 Å². The van der Waals surface area contributed by atoms with Crippen LogP contribution in [0.15, 0.2) is 58.5 Å². The largest absolute Gasteiger partial charge is 0.464 e. The molecule has 0 aliphatic rings. The Morgan fingerprint density at radius 1 is 1.05 bits per heavy atom. The molecular formula is C27H33N3O7S2. The number of benzene rings is 2. The lowest BCUT2D eigenvalue weighted by Gasteiger charge is -2.17. The molecule has 1 amide bonds. The number of aliphatic hydroxyl groups excluding tert-OH is 1. The number of aliphatic hydroxyl groups is 1. The van der Waals surface area contributed by atoms with Gasteiger partial charge in [0.15, 0.2) is 6.10 Å². The first-order chi connectivity index (χ1) is 18.7. The van der Waals surface area contributed by atoms with Crippen LogP contribution >= 0.6 is 11.8 Å². The summed E-state index contributed by atoms with van der Waals surface area (Å²) < 4.78 is 39.3. The molecule has 0 aliphatic carbocycles. The molecule has 1 atom stereocenters. The highest BCUT2D eigenvalue weighted by molar-refractivity contribution is 7.98. The van der Waals surface area contributed by atoms with Gasteiger partial charge in [-0.15, -0.1) is 11.8 Å². The minimum absolute atomic E-state index is 0.0400. The first-order valence-electron chi connectivity index (χ1n) is 12.5. The minimum Gasteiger partial charge on any atom is -0.464 e. The molecule has 12 heteroatoms. The Morgan fingerprint density at radius 2 is 1.72 bits per heavy atom. The molecule has 0 spiro atoms. The number of rotatable bonds is 12. The van der Waals surface area contributed by atoms with Gasteiger partial charge in [-0.25, -0.2) is 27.7 Å². The summed E-state index contributed by atoms with van der Waals surface area (Å²) in [7, 11) is -4.17. The van der Waals surface area contributed by atoms with Crippen LogP contribution in [0.3, 0.4) is 0 Å². The van der Waals surface area contributed by atoms with E-state index in [1.807, 2.05) is 34.6 Å². The summed E-state index contributed by atoms with van der Waals surface area (Å²) in [5.74, 6) is 0.00680. The third kappa shape index (κ3) is 7.20. The molecule has 1 heterocycles. The summed E-state index contributed by atoms with van der Waals surface area (Å²) >= 11 is 1.35. The van der Waals surface area contributed by atoms with E-state index in [2.05, 4.69) is 4.98 Å². The van der Waals surface area contributed by atoms with Gasteiger partial charge in [0.25, 0.3) is 10.0 Å². The number of hydrogen-bond acceptors (Lipinski definition) is 9. The number of nitrogens with zero attached hydrogens (tertiary/aromatic N) is 2. The van der Waals surface area contributed by atoms with Gasteiger partial charge < -0.3 is 19.1 Å². The fourth-order valence-corrected chi connectivity index (χ4v) is 5.81. The molecule has 0 saturated heterocycles. The Hall–Kier alpha value is -3.35. The van der Waals surface area contributed by atoms with Gasteiger partial charge in [-0.05, 0) is 43.7 Å². The number of sulfonamides is 1. The van der Waals surface area contributed by atoms with Crippen LogP contribution in [-0.2, 0) is 37.3 Å². The fraction of sp³-hybridized carbons (Fsp3) is 0.370. The second-order valence-electron chi connectivity index (χ2n) is 8.43. The van der Waals surface area contributed by atoms with Gasteiger partial charge in [0.05, 0.1) is 23.8 Å². The van der Waals surface area contributed by atoms with Crippen molar-refractivity contribution in [3.05, 3.63) is 65.6 Å². The molecular weight excluding hydrogens is 542 g/mol. The third-order valence-electron chi connectivity index (χ3n) is 5.76. The summed E-state index contributed by atoms with van der Waals surface area (Å²) in [5, 5.41) is 11.4. The van der Waals surface area contributed by atoms with E-state index in [9.17, 15) is 23.1 Å². The molecule has 3 aromatic rings. The van der Waals surface area contributed by atoms with Crippen molar-refractivity contribution in [1.82, 2.24) is 14.3 Å². The van der Waals surface area contributed by atoms with Crippen LogP contribution in [-0.4, -0.2) is 54.6 Å². The molecule has 0 aliphatic heterocycles. The van der Waals surface area contributed by atoms with E-state index in [4.69, 9.17) is 9.47 Å². The number of nitrogens with one attached hydrogen (secondary N) is 1. The van der Waals surface area contributed by atoms with Crippen molar-refractivity contribution >= 4 is 33.8 Å². The van der Waals surface area contributed by atoms with E-state index in [1.54, 1.807) is 44.2 Å². The van der Waals surface area contributed by atoms with E-state index in [0.717, 1.165) is 17.8 Å². The molecule has 2 aromatic carbocycles. The number of carbonyl (C=O) groups excluding carboxylic acids is 2. The number of hydrogen-bond donors (Lipinski definition) is 2. The Balaban J connectivity index is 1.97. The first kappa shape index (κ1) is 30.2. The van der Waals surface area contributed by atoms with Crippen molar-refractivity contribution in [2.24, 2.45) is 0 Å². The highest BCUT2D eigenvalue weighted by atomic mass is 32.2. The summed E-state index contributed by atoms with van der Waals surface area (Å²) in [6.45, 7) is 5.80. The first-order valence-corrected chi connectivity index (χ1v) is 15.2. The summed E-state index contributed by atoms with van der Waals surface area (Å²) in [4.78, 5) is 28.8. The van der Waals surface area contributed by atoms with Gasteiger partial charge >= 0.3 is 12.1 Å². The van der Waals surface area contributed by atoms with E-state index < -0.39 is 28.2 Å². The van der Waals surface area contributed by atoms with Crippen LogP contribution in [0.5, 0.6) is 0 Å². The number of aromatic nitrogens is 2. The average molecular weight is 576 g/mol. The summed E-state index contributed by atoms with van der Waals surface area (Å²) in [5.41, 5.74) is 2.27. The van der Waals surface area contributed by atoms with E-state index in [-0.39, 0.29) is 18.1 Å². The molecule has 3 rings (SSSR count). The van der Waals surface area contributed by atoms with Crippen LogP contribution in [0.25, 0.3) is 11.1 Å². The lowest BCUT2D eigenvalue weighted by molar-refractivity contribution is -0.153. The van der Waals surface area contributed by atoms with E-state index in [1.165, 1.54) is 17.8 Å². The molecule has 0 saturated carbocycles. The Morgan fingerprint density at radius 3 is 2.33 bits per heavy atom. The quantitative estimate of drug-likeness (QED) is 0.239. The number of ether oxygens (including phenoxy) is 2. The molecule has 210 valence electrons. The number of imidazole rings is 1. The standard InChI is InChI=1S/C27H33N3O7S2/c1-5-10-22-28-25(38-4)23(24(31)26(32)36-6-2)30(22)17-18-13-15-19(16-14-18)20-11-8-9-12-21(20)39(34,35)29-27(33)37-7-3/h8-9,11-16,24,31H,5-7,10,17H2,1-4H3,(H,29,33). The SMILES string of the molecule is CCCc1nc(SC)c(C(O)C(=O)OCC)n1Cc1ccc(-c2ccccc2S(=O)(=O)NC(=O)OCC)cc1. The molecule has 39 heavy (non-hydrogen) atoms. The Labute approximate surface area is 232 Å². The zero-order valence-corrected chi connectivity index (χ0v) is 24.0. The van der Waals surface area contributed by atoms with Crippen molar-refractivity contribution in [2.75, 3.05) is 19.5 Å². The lowest BCUT2D eigenvalue weighted by Crippen LogP contribution is -2.31. The van der Waals surface area contributed by atoms with Crippen LogP contribution in [0.2, 0.25) is 0 Å². The maximum Gasteiger partial charge on any atom is 0.421 e. The number of aryl methyl sites for hydroxylation is 1. The summed E-state index contributed by atoms with van der Waals surface area (Å²) in [6.07, 6.45) is 0.787. The maximum absolute atomic E-state index is 12.9. The van der Waals surface area contributed by atoms with Crippen molar-refractivity contribution < 1.29 is 32.6 Å². The Kier molecular flexibility index (Phi) is 10.6. The van der Waals surface area contributed by atoms with Crippen LogP contribution in [0.4, 0.5) is 4.79 Å². The predicted molar refractivity (Wildman–Crippen MR) is 148 cm³/mol. The number of carbonyl (C=O) groups is 2. The second-order valence-corrected chi connectivity index (χ2v) is 10.9. The third-order valence-corrected chi connectivity index (χ3v) is 7.82. The number of amides is 1. The zero-order valence-electron chi connectivity index (χ0n) is 22.3. The van der Waals surface area contributed by atoms with Crippen LogP contribution < -0.4 is 4.72 Å². The van der Waals surface area contributed by atoms with Crippen molar-refractivity contribution in [2.45, 2.75) is 56.2 Å². The van der Waals surface area contributed by atoms with Crippen molar-refractivity contribution in [3.8, 4) is 11.1 Å². The monoisotopic (exact) mass is 575 g/mol. The van der Waals surface area contributed by atoms with E-state index >= 15 is 0 Å². The van der Waals surface area contributed by atoms with Gasteiger partial charge in [-0.3, -0.25) is 0 Å². The van der Waals surface area contributed by atoms with E-state index in [0.29, 0.717) is 34.8 Å². The Bertz CT molecular complexity index is 1400. The van der Waals surface area contributed by atoms with Gasteiger partial charge in [0.2, 0.25) is 0 Å². The maximum atomic E-state index is 12.9. The topological polar surface area (TPSA) is 137 Å². The van der Waals surface area contributed by atoms with Gasteiger partial charge in [-0.2, -0.15) is 0 Å². The fourth-order valence-electron chi connectivity index (χ4n) is 4.06. The molecule has 10 nitrogen and oxygen atoms in total. The molecule has 1 aromatic heterocycles. The smallest absolute Gasteiger partial charge is 0.421 e. The minimum atomic E-state index is -4.17. The molecule has 0 radical (unpaired) electrons. The van der Waals surface area contributed by atoms with Crippen LogP contribution in [0.1, 0.15) is 50.4 Å².